The van der Waals surface area contributed by atoms with Gasteiger partial charge in [0.25, 0.3) is 10.1 Å². The minimum atomic E-state index is -3.49. The number of benzene rings is 2. The van der Waals surface area contributed by atoms with Crippen molar-refractivity contribution >= 4 is 32.5 Å². The first-order chi connectivity index (χ1) is 15.2. The van der Waals surface area contributed by atoms with E-state index in [1.54, 1.807) is 0 Å². The van der Waals surface area contributed by atoms with E-state index in [0.29, 0.717) is 29.6 Å². The molecule has 0 spiro atoms. The van der Waals surface area contributed by atoms with Crippen molar-refractivity contribution in [2.75, 3.05) is 24.8 Å². The van der Waals surface area contributed by atoms with E-state index in [9.17, 15) is 18.5 Å². The topological polar surface area (TPSA) is 134 Å². The number of fused-ring (bicyclic) bond motifs is 1. The van der Waals surface area contributed by atoms with Gasteiger partial charge in [0, 0.05) is 23.6 Å². The molecule has 0 aliphatic rings. The highest BCUT2D eigenvalue weighted by atomic mass is 32.2. The molecule has 10 nitrogen and oxygen atoms in total. The summed E-state index contributed by atoms with van der Waals surface area (Å²) in [5.74, 6) is 0.575. The van der Waals surface area contributed by atoms with Crippen LogP contribution in [0.1, 0.15) is 31.4 Å². The first-order valence-corrected chi connectivity index (χ1v) is 11.8. The molecule has 0 saturated carbocycles. The monoisotopic (exact) mass is 460 g/mol. The van der Waals surface area contributed by atoms with Crippen molar-refractivity contribution in [1.29, 1.82) is 0 Å². The third kappa shape index (κ3) is 6.34. The van der Waals surface area contributed by atoms with Gasteiger partial charge in [0.05, 0.1) is 29.9 Å². The third-order valence-electron chi connectivity index (χ3n) is 4.66. The predicted molar refractivity (Wildman–Crippen MR) is 120 cm³/mol. The third-order valence-corrected chi connectivity index (χ3v) is 5.25. The summed E-state index contributed by atoms with van der Waals surface area (Å²) in [7, 11) is -3.49. The summed E-state index contributed by atoms with van der Waals surface area (Å²) in [5.41, 5.74) is 1.35. The van der Waals surface area contributed by atoms with Crippen molar-refractivity contribution in [1.82, 2.24) is 9.97 Å². The molecule has 0 unspecified atom stereocenters. The lowest BCUT2D eigenvalue weighted by atomic mass is 10.1. The van der Waals surface area contributed by atoms with Crippen molar-refractivity contribution in [3.05, 3.63) is 64.5 Å². The molecule has 1 heterocycles. The lowest BCUT2D eigenvalue weighted by Crippen LogP contribution is -2.09. The molecule has 11 heteroatoms. The number of hydrogen-bond donors (Lipinski definition) is 1. The molecule has 170 valence electrons. The Hall–Kier alpha value is -3.31. The van der Waals surface area contributed by atoms with Crippen LogP contribution < -0.4 is 10.1 Å². The van der Waals surface area contributed by atoms with E-state index in [4.69, 9.17) is 4.74 Å². The number of unbranched alkanes of at least 4 members (excludes halogenated alkanes) is 1. The summed E-state index contributed by atoms with van der Waals surface area (Å²) in [6, 6.07) is 12.6. The number of nitrogens with zero attached hydrogens (tertiary/aromatic N) is 3. The molecule has 0 saturated heterocycles. The Balaban J connectivity index is 1.76. The van der Waals surface area contributed by atoms with Gasteiger partial charge >= 0.3 is 5.69 Å². The average Bonchev–Trinajstić information content (AvgIpc) is 2.75. The molecule has 3 aromatic rings. The molecule has 3 rings (SSSR count). The molecule has 32 heavy (non-hydrogen) atoms. The van der Waals surface area contributed by atoms with Crippen LogP contribution >= 0.6 is 0 Å². The molecule has 1 N–H and O–H groups in total. The van der Waals surface area contributed by atoms with Gasteiger partial charge in [-0.15, -0.1) is 0 Å². The molecule has 0 aliphatic carbocycles. The molecule has 0 fully saturated rings. The van der Waals surface area contributed by atoms with E-state index in [-0.39, 0.29) is 30.7 Å². The second kappa shape index (κ2) is 10.3. The number of anilines is 1. The van der Waals surface area contributed by atoms with Crippen LogP contribution in [0, 0.1) is 10.1 Å². The lowest BCUT2D eigenvalue weighted by molar-refractivity contribution is -0.385. The maximum atomic E-state index is 11.6. The fraction of sp³-hybridized carbons (Fsp3) is 0.333. The maximum absolute atomic E-state index is 11.6. The van der Waals surface area contributed by atoms with Crippen molar-refractivity contribution in [2.24, 2.45) is 0 Å². The maximum Gasteiger partial charge on any atom is 0.311 e. The van der Waals surface area contributed by atoms with Gasteiger partial charge < -0.3 is 10.1 Å². The highest BCUT2D eigenvalue weighted by Crippen LogP contribution is 2.34. The molecule has 0 aliphatic heterocycles. The number of nitro groups is 1. The highest BCUT2D eigenvalue weighted by Gasteiger charge is 2.20. The Bertz CT molecular complexity index is 1190. The number of nitrogens with one attached hydrogen (secondary N) is 1. The summed E-state index contributed by atoms with van der Waals surface area (Å²) in [6.45, 7) is 2.17. The minimum absolute atomic E-state index is 0.0316. The van der Waals surface area contributed by atoms with Crippen molar-refractivity contribution < 1.29 is 22.3 Å². The van der Waals surface area contributed by atoms with Crippen LogP contribution in [0.4, 0.5) is 11.5 Å². The Morgan fingerprint density at radius 1 is 1.12 bits per heavy atom. The van der Waals surface area contributed by atoms with Crippen LogP contribution in [0.3, 0.4) is 0 Å². The average molecular weight is 461 g/mol. The number of rotatable bonds is 11. The van der Waals surface area contributed by atoms with E-state index in [2.05, 4.69) is 19.5 Å². The second-order valence-corrected chi connectivity index (χ2v) is 8.82. The molecule has 1 atom stereocenters. The van der Waals surface area contributed by atoms with Gasteiger partial charge in [-0.1, -0.05) is 30.3 Å². The largest absolute Gasteiger partial charge is 0.487 e. The van der Waals surface area contributed by atoms with Crippen LogP contribution in [-0.2, 0) is 14.3 Å². The standard InChI is InChI=1S/C21H24N4O6S/c1-15(16-8-4-3-5-9-16)24-21-17-12-19(25(26)27)20(13-18(17)22-14-23-21)30-10-6-7-11-31-32(2,28)29/h3-5,8-9,12-15H,6-7,10-11H2,1-2H3,(H,22,23,24)/t15-/m1/s1. The fourth-order valence-electron chi connectivity index (χ4n) is 3.07. The normalized spacial score (nSPS) is 12.4. The summed E-state index contributed by atoms with van der Waals surface area (Å²) < 4.78 is 32.2. The van der Waals surface area contributed by atoms with Crippen LogP contribution in [0.2, 0.25) is 0 Å². The van der Waals surface area contributed by atoms with E-state index in [1.807, 2.05) is 37.3 Å². The number of aromatic nitrogens is 2. The van der Waals surface area contributed by atoms with Crippen molar-refractivity contribution in [3.8, 4) is 5.75 Å². The van der Waals surface area contributed by atoms with Gasteiger partial charge in [0.2, 0.25) is 0 Å². The molecule has 2 aromatic carbocycles. The lowest BCUT2D eigenvalue weighted by Gasteiger charge is -2.16. The Morgan fingerprint density at radius 3 is 2.53 bits per heavy atom. The quantitative estimate of drug-likeness (QED) is 0.196. The molecule has 0 amide bonds. The summed E-state index contributed by atoms with van der Waals surface area (Å²) in [4.78, 5) is 19.6. The number of nitro benzene ring substituents is 1. The van der Waals surface area contributed by atoms with E-state index in [1.165, 1.54) is 18.5 Å². The molecule has 0 radical (unpaired) electrons. The summed E-state index contributed by atoms with van der Waals surface area (Å²) in [6.07, 6.45) is 3.27. The SMILES string of the molecule is C[C@@H](Nc1ncnc2cc(OCCCCOS(C)(=O)=O)c([N+](=O)[O-])cc12)c1ccccc1. The van der Waals surface area contributed by atoms with E-state index < -0.39 is 15.0 Å². The van der Waals surface area contributed by atoms with E-state index in [0.717, 1.165) is 11.8 Å². The second-order valence-electron chi connectivity index (χ2n) is 7.17. The highest BCUT2D eigenvalue weighted by molar-refractivity contribution is 7.85. The van der Waals surface area contributed by atoms with Gasteiger partial charge in [0.1, 0.15) is 12.1 Å². The van der Waals surface area contributed by atoms with E-state index >= 15 is 0 Å². The predicted octanol–water partition coefficient (Wildman–Crippen LogP) is 3.85. The van der Waals surface area contributed by atoms with Crippen LogP contribution in [0.15, 0.2) is 48.8 Å². The number of ether oxygens (including phenoxy) is 1. The molecular weight excluding hydrogens is 436 g/mol. The minimum Gasteiger partial charge on any atom is -0.487 e. The van der Waals surface area contributed by atoms with Gasteiger partial charge in [-0.25, -0.2) is 9.97 Å². The Kier molecular flexibility index (Phi) is 7.54. The van der Waals surface area contributed by atoms with Crippen molar-refractivity contribution in [3.63, 3.8) is 0 Å². The number of hydrogen-bond acceptors (Lipinski definition) is 9. The van der Waals surface area contributed by atoms with Gasteiger partial charge in [-0.05, 0) is 25.3 Å². The smallest absolute Gasteiger partial charge is 0.311 e. The van der Waals surface area contributed by atoms with Gasteiger partial charge in [-0.3, -0.25) is 14.3 Å². The fourth-order valence-corrected chi connectivity index (χ4v) is 3.49. The van der Waals surface area contributed by atoms with Crippen LogP contribution in [0.5, 0.6) is 5.75 Å². The zero-order valence-corrected chi connectivity index (χ0v) is 18.5. The molecular formula is C21H24N4O6S. The first-order valence-electron chi connectivity index (χ1n) is 9.96. The summed E-state index contributed by atoms with van der Waals surface area (Å²) in [5, 5.41) is 15.4. The Morgan fingerprint density at radius 2 is 1.84 bits per heavy atom. The van der Waals surface area contributed by atoms with Gasteiger partial charge in [0.15, 0.2) is 5.75 Å². The van der Waals surface area contributed by atoms with Crippen molar-refractivity contribution in [2.45, 2.75) is 25.8 Å². The molecule has 0 bridgehead atoms. The van der Waals surface area contributed by atoms with Crippen LogP contribution in [0.25, 0.3) is 10.9 Å². The zero-order valence-electron chi connectivity index (χ0n) is 17.7. The van der Waals surface area contributed by atoms with Crippen LogP contribution in [-0.4, -0.2) is 42.8 Å². The Labute approximate surface area is 185 Å². The zero-order chi connectivity index (χ0) is 23.1. The summed E-state index contributed by atoms with van der Waals surface area (Å²) >= 11 is 0. The molecule has 1 aromatic heterocycles. The van der Waals surface area contributed by atoms with Gasteiger partial charge in [-0.2, -0.15) is 8.42 Å². The first kappa shape index (κ1) is 23.4.